The third-order valence-electron chi connectivity index (χ3n) is 6.48. The molecule has 1 fully saturated rings. The van der Waals surface area contributed by atoms with Gasteiger partial charge in [0.2, 0.25) is 5.91 Å². The second-order valence-corrected chi connectivity index (χ2v) is 10.3. The van der Waals surface area contributed by atoms with Gasteiger partial charge in [-0.15, -0.1) is 11.3 Å². The molecular formula is C22H34N6O2S. The maximum atomic E-state index is 13.3. The van der Waals surface area contributed by atoms with Gasteiger partial charge in [-0.2, -0.15) is 5.26 Å². The zero-order valence-corrected chi connectivity index (χ0v) is 20.0. The Bertz CT molecular complexity index is 876. The molecule has 1 aliphatic carbocycles. The Morgan fingerprint density at radius 2 is 2.10 bits per heavy atom. The van der Waals surface area contributed by atoms with E-state index >= 15 is 0 Å². The summed E-state index contributed by atoms with van der Waals surface area (Å²) in [6, 6.07) is 2.22. The number of nitriles is 1. The Labute approximate surface area is 189 Å². The second-order valence-electron chi connectivity index (χ2n) is 9.16. The summed E-state index contributed by atoms with van der Waals surface area (Å²) in [7, 11) is 5.96. The largest absolute Gasteiger partial charge is 0.389 e. The molecule has 2 heterocycles. The zero-order chi connectivity index (χ0) is 22.9. The first kappa shape index (κ1) is 23.5. The Balaban J connectivity index is 1.72. The van der Waals surface area contributed by atoms with E-state index in [1.165, 1.54) is 21.1 Å². The fourth-order valence-electron chi connectivity index (χ4n) is 5.15. The van der Waals surface area contributed by atoms with Crippen LogP contribution in [0.1, 0.15) is 36.3 Å². The maximum Gasteiger partial charge on any atom is 0.324 e. The number of carbonyl (C=O) groups excluding carboxylic acids is 2. The van der Waals surface area contributed by atoms with Crippen LogP contribution in [0, 0.1) is 23.2 Å². The SMILES string of the molecule is CCN(C(=O)NC(C)CN(C)C)C(=O)[C@@H]1C[C@@H]2Cc3c(sc(N)c3C#N)C[C@H]2N(C)C1. The highest BCUT2D eigenvalue weighted by atomic mass is 32.1. The molecule has 3 N–H and O–H groups in total. The molecule has 0 radical (unpaired) electrons. The van der Waals surface area contributed by atoms with Crippen LogP contribution in [-0.4, -0.2) is 79.5 Å². The first-order valence-electron chi connectivity index (χ1n) is 10.9. The lowest BCUT2D eigenvalue weighted by Gasteiger charge is -2.45. The summed E-state index contributed by atoms with van der Waals surface area (Å²) in [6.45, 7) is 5.47. The Kier molecular flexibility index (Phi) is 7.24. The molecule has 0 spiro atoms. The number of urea groups is 1. The number of hydrogen-bond acceptors (Lipinski definition) is 7. The molecule has 1 aliphatic heterocycles. The lowest BCUT2D eigenvalue weighted by molar-refractivity contribution is -0.135. The van der Waals surface area contributed by atoms with Gasteiger partial charge in [-0.05, 0) is 65.7 Å². The molecule has 0 aromatic carbocycles. The van der Waals surface area contributed by atoms with Crippen molar-refractivity contribution in [1.29, 1.82) is 5.26 Å². The fraction of sp³-hybridized carbons (Fsp3) is 0.682. The van der Waals surface area contributed by atoms with Crippen LogP contribution in [0.4, 0.5) is 9.80 Å². The minimum atomic E-state index is -0.324. The molecule has 3 amide bonds. The number of thiophene rings is 1. The van der Waals surface area contributed by atoms with Gasteiger partial charge in [0, 0.05) is 36.6 Å². The molecule has 1 saturated heterocycles. The first-order valence-corrected chi connectivity index (χ1v) is 11.7. The number of carbonyl (C=O) groups is 2. The Hall–Kier alpha value is -2.15. The molecule has 170 valence electrons. The smallest absolute Gasteiger partial charge is 0.324 e. The van der Waals surface area contributed by atoms with Gasteiger partial charge >= 0.3 is 6.03 Å². The quantitative estimate of drug-likeness (QED) is 0.714. The van der Waals surface area contributed by atoms with Gasteiger partial charge in [0.05, 0.1) is 11.5 Å². The van der Waals surface area contributed by atoms with Crippen molar-refractivity contribution >= 4 is 28.3 Å². The van der Waals surface area contributed by atoms with Crippen LogP contribution < -0.4 is 11.1 Å². The first-order chi connectivity index (χ1) is 14.7. The molecule has 1 aromatic rings. The molecule has 8 nitrogen and oxygen atoms in total. The number of fused-ring (bicyclic) bond motifs is 2. The predicted molar refractivity (Wildman–Crippen MR) is 123 cm³/mol. The Morgan fingerprint density at radius 3 is 2.71 bits per heavy atom. The normalized spacial score (nSPS) is 24.1. The highest BCUT2D eigenvalue weighted by molar-refractivity contribution is 7.16. The van der Waals surface area contributed by atoms with E-state index in [1.807, 2.05) is 32.8 Å². The summed E-state index contributed by atoms with van der Waals surface area (Å²) in [4.78, 5) is 32.9. The minimum Gasteiger partial charge on any atom is -0.389 e. The van der Waals surface area contributed by atoms with Crippen molar-refractivity contribution in [3.8, 4) is 6.07 Å². The van der Waals surface area contributed by atoms with Crippen molar-refractivity contribution in [1.82, 2.24) is 20.0 Å². The van der Waals surface area contributed by atoms with Gasteiger partial charge in [-0.25, -0.2) is 4.79 Å². The van der Waals surface area contributed by atoms with E-state index in [2.05, 4.69) is 23.3 Å². The highest BCUT2D eigenvalue weighted by Gasteiger charge is 2.43. The number of nitrogens with zero attached hydrogens (tertiary/aromatic N) is 4. The standard InChI is InChI=1S/C22H34N6O2S/c1-6-28(22(30)25-13(2)11-26(3)4)21(29)15-7-14-8-16-17(10-23)20(24)31-19(16)9-18(14)27(5)12-15/h13-15,18H,6-9,11-12,24H2,1-5H3,(H,25,30)/t13?,14-,15-,18-/m1/s1. The summed E-state index contributed by atoms with van der Waals surface area (Å²) >= 11 is 1.53. The molecule has 2 aliphatic rings. The number of anilines is 1. The highest BCUT2D eigenvalue weighted by Crippen LogP contribution is 2.42. The summed E-state index contributed by atoms with van der Waals surface area (Å²) < 4.78 is 0. The lowest BCUT2D eigenvalue weighted by atomic mass is 9.74. The third-order valence-corrected chi connectivity index (χ3v) is 7.57. The number of nitrogens with one attached hydrogen (secondary N) is 1. The summed E-state index contributed by atoms with van der Waals surface area (Å²) in [6.07, 6.45) is 2.36. The van der Waals surface area contributed by atoms with Crippen LogP contribution in [-0.2, 0) is 17.6 Å². The molecule has 0 bridgehead atoms. The number of likely N-dealkylation sites (tertiary alicyclic amines) is 1. The van der Waals surface area contributed by atoms with Crippen LogP contribution in [0.3, 0.4) is 0 Å². The topological polar surface area (TPSA) is 106 Å². The van der Waals surface area contributed by atoms with Gasteiger partial charge in [-0.1, -0.05) is 0 Å². The van der Waals surface area contributed by atoms with E-state index in [0.29, 0.717) is 36.2 Å². The molecule has 4 atom stereocenters. The number of likely N-dealkylation sites (N-methyl/N-ethyl adjacent to an activating group) is 2. The number of nitrogen functional groups attached to an aromatic ring is 1. The monoisotopic (exact) mass is 446 g/mol. The van der Waals surface area contributed by atoms with Crippen molar-refractivity contribution in [3.63, 3.8) is 0 Å². The Morgan fingerprint density at radius 1 is 1.39 bits per heavy atom. The van der Waals surface area contributed by atoms with Crippen LogP contribution in [0.25, 0.3) is 0 Å². The molecule has 1 unspecified atom stereocenters. The van der Waals surface area contributed by atoms with Crippen LogP contribution in [0.5, 0.6) is 0 Å². The summed E-state index contributed by atoms with van der Waals surface area (Å²) in [5.74, 6) is -0.0709. The van der Waals surface area contributed by atoms with Crippen molar-refractivity contribution in [2.24, 2.45) is 11.8 Å². The molecule has 3 rings (SSSR count). The van der Waals surface area contributed by atoms with Gasteiger partial charge in [0.25, 0.3) is 0 Å². The number of imide groups is 1. The molecule has 31 heavy (non-hydrogen) atoms. The third kappa shape index (κ3) is 4.86. The lowest BCUT2D eigenvalue weighted by Crippen LogP contribution is -2.56. The van der Waals surface area contributed by atoms with E-state index in [1.54, 1.807) is 0 Å². The van der Waals surface area contributed by atoms with Gasteiger partial charge in [-0.3, -0.25) is 9.69 Å². The minimum absolute atomic E-state index is 0.0482. The zero-order valence-electron chi connectivity index (χ0n) is 19.1. The molecule has 0 saturated carbocycles. The average Bonchev–Trinajstić information content (AvgIpc) is 3.00. The van der Waals surface area contributed by atoms with E-state index in [-0.39, 0.29) is 29.8 Å². The van der Waals surface area contributed by atoms with E-state index in [9.17, 15) is 14.9 Å². The average molecular weight is 447 g/mol. The van der Waals surface area contributed by atoms with Crippen LogP contribution in [0.15, 0.2) is 0 Å². The van der Waals surface area contributed by atoms with E-state index in [0.717, 1.165) is 24.8 Å². The summed E-state index contributed by atoms with van der Waals surface area (Å²) in [5, 5.41) is 13.0. The van der Waals surface area contributed by atoms with Gasteiger partial charge in [0.15, 0.2) is 0 Å². The van der Waals surface area contributed by atoms with Crippen LogP contribution >= 0.6 is 11.3 Å². The van der Waals surface area contributed by atoms with Crippen molar-refractivity contribution in [2.45, 2.75) is 45.2 Å². The second kappa shape index (κ2) is 9.55. The number of rotatable bonds is 5. The number of nitrogens with two attached hydrogens (primary N) is 1. The number of amides is 3. The maximum absolute atomic E-state index is 13.3. The molecular weight excluding hydrogens is 412 g/mol. The van der Waals surface area contributed by atoms with Crippen LogP contribution in [0.2, 0.25) is 0 Å². The van der Waals surface area contributed by atoms with Crippen molar-refractivity contribution in [2.75, 3.05) is 46.5 Å². The van der Waals surface area contributed by atoms with E-state index in [4.69, 9.17) is 5.73 Å². The fourth-order valence-corrected chi connectivity index (χ4v) is 6.25. The van der Waals surface area contributed by atoms with Gasteiger partial charge < -0.3 is 20.9 Å². The molecule has 9 heteroatoms. The number of piperidine rings is 1. The van der Waals surface area contributed by atoms with E-state index < -0.39 is 0 Å². The number of hydrogen-bond donors (Lipinski definition) is 2. The summed E-state index contributed by atoms with van der Waals surface area (Å²) in [5.41, 5.74) is 7.74. The predicted octanol–water partition coefficient (Wildman–Crippen LogP) is 1.75. The van der Waals surface area contributed by atoms with Gasteiger partial charge in [0.1, 0.15) is 11.1 Å². The molecule has 1 aromatic heterocycles. The van der Waals surface area contributed by atoms with Crippen molar-refractivity contribution in [3.05, 3.63) is 16.0 Å². The van der Waals surface area contributed by atoms with Crippen molar-refractivity contribution < 1.29 is 9.59 Å².